The maximum Gasteiger partial charge on any atom is 0.230 e. The molecule has 0 radical (unpaired) electrons. The average molecular weight is 300 g/mol. The highest BCUT2D eigenvalue weighted by molar-refractivity contribution is 5.92. The van der Waals surface area contributed by atoms with Crippen LogP contribution in [-0.2, 0) is 0 Å². The van der Waals surface area contributed by atoms with Crippen molar-refractivity contribution >= 4 is 22.8 Å². The molecule has 118 valence electrons. The Bertz CT molecular complexity index is 678. The van der Waals surface area contributed by atoms with Crippen LogP contribution in [0.2, 0.25) is 0 Å². The molecule has 2 rings (SSSR count). The highest BCUT2D eigenvalue weighted by Gasteiger charge is 2.05. The van der Waals surface area contributed by atoms with Crippen LogP contribution in [0.5, 0.6) is 0 Å². The summed E-state index contributed by atoms with van der Waals surface area (Å²) in [5, 5.41) is 4.03. The molecule has 1 aromatic carbocycles. The van der Waals surface area contributed by atoms with Crippen LogP contribution in [0.1, 0.15) is 17.7 Å². The van der Waals surface area contributed by atoms with Gasteiger partial charge in [-0.05, 0) is 52.5 Å². The summed E-state index contributed by atoms with van der Waals surface area (Å²) in [7, 11) is 4.08. The lowest BCUT2D eigenvalue weighted by Crippen LogP contribution is -2.25. The lowest BCUT2D eigenvalue weighted by molar-refractivity contribution is 0.403. The summed E-state index contributed by atoms with van der Waals surface area (Å²) in [4.78, 5) is 15.4. The third-order valence-electron chi connectivity index (χ3n) is 3.33. The van der Waals surface area contributed by atoms with Crippen LogP contribution >= 0.6 is 0 Å². The Morgan fingerprint density at radius 1 is 1.27 bits per heavy atom. The van der Waals surface area contributed by atoms with Gasteiger partial charge in [-0.25, -0.2) is 9.97 Å². The zero-order valence-corrected chi connectivity index (χ0v) is 13.7. The van der Waals surface area contributed by atoms with Crippen molar-refractivity contribution in [2.45, 2.75) is 20.3 Å². The first-order chi connectivity index (χ1) is 10.5. The van der Waals surface area contributed by atoms with E-state index < -0.39 is 0 Å². The van der Waals surface area contributed by atoms with E-state index in [-0.39, 0.29) is 0 Å². The van der Waals surface area contributed by atoms with Gasteiger partial charge < -0.3 is 10.6 Å². The molecule has 0 aliphatic carbocycles. The van der Waals surface area contributed by atoms with Crippen LogP contribution in [0.15, 0.2) is 23.2 Å². The number of fused-ring (bicyclic) bond motifs is 1. The van der Waals surface area contributed by atoms with Gasteiger partial charge in [0.1, 0.15) is 0 Å². The number of aliphatic imine (C=N–C) groups is 1. The molecular weight excluding hydrogens is 276 g/mol. The van der Waals surface area contributed by atoms with Gasteiger partial charge in [0, 0.05) is 11.9 Å². The summed E-state index contributed by atoms with van der Waals surface area (Å²) in [5.74, 6) is 0.842. The van der Waals surface area contributed by atoms with E-state index in [4.69, 9.17) is 5.73 Å². The van der Waals surface area contributed by atoms with Crippen molar-refractivity contribution in [3.05, 3.63) is 29.5 Å². The van der Waals surface area contributed by atoms with Gasteiger partial charge in [0.25, 0.3) is 0 Å². The number of anilines is 1. The molecule has 0 saturated heterocycles. The van der Waals surface area contributed by atoms with E-state index >= 15 is 0 Å². The summed E-state index contributed by atoms with van der Waals surface area (Å²) in [5.41, 5.74) is 8.90. The first kappa shape index (κ1) is 16.2. The van der Waals surface area contributed by atoms with E-state index in [1.54, 1.807) is 0 Å². The molecule has 0 bridgehead atoms. The van der Waals surface area contributed by atoms with Crippen molar-refractivity contribution < 1.29 is 0 Å². The zero-order chi connectivity index (χ0) is 16.1. The Kier molecular flexibility index (Phi) is 5.27. The fourth-order valence-corrected chi connectivity index (χ4v) is 2.19. The molecule has 0 unspecified atom stereocenters. The van der Waals surface area contributed by atoms with Crippen molar-refractivity contribution in [3.63, 3.8) is 0 Å². The minimum Gasteiger partial charge on any atom is -0.370 e. The average Bonchev–Trinajstić information content (AvgIpc) is 2.43. The fourth-order valence-electron chi connectivity index (χ4n) is 2.19. The van der Waals surface area contributed by atoms with Crippen molar-refractivity contribution in [2.75, 3.05) is 32.5 Å². The second-order valence-electron chi connectivity index (χ2n) is 5.70. The van der Waals surface area contributed by atoms with E-state index in [1.165, 1.54) is 5.56 Å². The topological polar surface area (TPSA) is 79.4 Å². The molecule has 22 heavy (non-hydrogen) atoms. The third-order valence-corrected chi connectivity index (χ3v) is 3.33. The molecule has 6 heteroatoms. The van der Waals surface area contributed by atoms with Gasteiger partial charge in [-0.1, -0.05) is 12.1 Å². The Hall–Kier alpha value is -2.21. The lowest BCUT2D eigenvalue weighted by atomic mass is 10.1. The van der Waals surface area contributed by atoms with Gasteiger partial charge in [0.05, 0.1) is 11.2 Å². The number of nitrogens with one attached hydrogen (secondary N) is 1. The van der Waals surface area contributed by atoms with Crippen molar-refractivity contribution in [1.82, 2.24) is 14.9 Å². The van der Waals surface area contributed by atoms with Crippen LogP contribution in [-0.4, -0.2) is 48.0 Å². The van der Waals surface area contributed by atoms with E-state index in [0.29, 0.717) is 18.5 Å². The summed E-state index contributed by atoms with van der Waals surface area (Å²) in [6, 6.07) is 6.15. The molecule has 0 atom stereocenters. The quantitative estimate of drug-likeness (QED) is 0.501. The number of guanidine groups is 1. The SMILES string of the molecule is Cc1ccc2c(C)nc(NC(N)=NCCCN(C)C)nc2c1. The molecular formula is C16H24N6. The van der Waals surface area contributed by atoms with Crippen LogP contribution in [0, 0.1) is 13.8 Å². The van der Waals surface area contributed by atoms with Crippen LogP contribution in [0.25, 0.3) is 10.9 Å². The summed E-state index contributed by atoms with van der Waals surface area (Å²) < 4.78 is 0. The Balaban J connectivity index is 2.09. The number of hydrogen-bond acceptors (Lipinski definition) is 4. The van der Waals surface area contributed by atoms with Gasteiger partial charge in [-0.2, -0.15) is 0 Å². The number of aromatic nitrogens is 2. The van der Waals surface area contributed by atoms with Gasteiger partial charge >= 0.3 is 0 Å². The number of hydrogen-bond donors (Lipinski definition) is 2. The number of benzene rings is 1. The van der Waals surface area contributed by atoms with E-state index in [1.807, 2.05) is 40.1 Å². The second-order valence-corrected chi connectivity index (χ2v) is 5.70. The first-order valence-corrected chi connectivity index (χ1v) is 7.42. The van der Waals surface area contributed by atoms with Gasteiger partial charge in [0.2, 0.25) is 5.95 Å². The molecule has 0 aliphatic rings. The molecule has 0 aliphatic heterocycles. The normalized spacial score (nSPS) is 12.1. The molecule has 1 aromatic heterocycles. The van der Waals surface area contributed by atoms with E-state index in [2.05, 4.69) is 31.2 Å². The molecule has 6 nitrogen and oxygen atoms in total. The lowest BCUT2D eigenvalue weighted by Gasteiger charge is -2.09. The van der Waals surface area contributed by atoms with Crippen LogP contribution in [0.3, 0.4) is 0 Å². The highest BCUT2D eigenvalue weighted by Crippen LogP contribution is 2.18. The smallest absolute Gasteiger partial charge is 0.230 e. The first-order valence-electron chi connectivity index (χ1n) is 7.42. The number of aryl methyl sites for hydroxylation is 2. The minimum atomic E-state index is 0.352. The minimum absolute atomic E-state index is 0.352. The van der Waals surface area contributed by atoms with E-state index in [9.17, 15) is 0 Å². The molecule has 0 saturated carbocycles. The Labute approximate surface area is 131 Å². The van der Waals surface area contributed by atoms with Gasteiger partial charge in [0.15, 0.2) is 5.96 Å². The number of nitrogens with two attached hydrogens (primary N) is 1. The summed E-state index contributed by atoms with van der Waals surface area (Å²) in [6.07, 6.45) is 0.964. The standard InChI is InChI=1S/C16H24N6/c1-11-6-7-13-12(2)19-16(20-14(13)10-11)21-15(17)18-8-5-9-22(3)4/h6-7,10H,5,8-9H2,1-4H3,(H3,17,18,19,20,21). The van der Waals surface area contributed by atoms with Crippen molar-refractivity contribution in [2.24, 2.45) is 10.7 Å². The summed E-state index contributed by atoms with van der Waals surface area (Å²) in [6.45, 7) is 5.68. The second kappa shape index (κ2) is 7.17. The maximum atomic E-state index is 5.89. The molecule has 1 heterocycles. The summed E-state index contributed by atoms with van der Waals surface area (Å²) >= 11 is 0. The number of rotatable bonds is 5. The van der Waals surface area contributed by atoms with Crippen LogP contribution in [0.4, 0.5) is 5.95 Å². The Morgan fingerprint density at radius 2 is 2.05 bits per heavy atom. The predicted octanol–water partition coefficient (Wildman–Crippen LogP) is 1.92. The maximum absolute atomic E-state index is 5.89. The molecule has 2 aromatic rings. The predicted molar refractivity (Wildman–Crippen MR) is 92.3 cm³/mol. The number of nitrogens with zero attached hydrogens (tertiary/aromatic N) is 4. The molecule has 0 amide bonds. The third kappa shape index (κ3) is 4.39. The highest BCUT2D eigenvalue weighted by atomic mass is 15.2. The molecule has 0 spiro atoms. The van der Waals surface area contributed by atoms with Gasteiger partial charge in [-0.3, -0.25) is 10.3 Å². The van der Waals surface area contributed by atoms with Crippen LogP contribution < -0.4 is 11.1 Å². The molecule has 0 fully saturated rings. The van der Waals surface area contributed by atoms with Crippen molar-refractivity contribution in [1.29, 1.82) is 0 Å². The van der Waals surface area contributed by atoms with Gasteiger partial charge in [-0.15, -0.1) is 0 Å². The van der Waals surface area contributed by atoms with E-state index in [0.717, 1.165) is 29.6 Å². The van der Waals surface area contributed by atoms with Crippen molar-refractivity contribution in [3.8, 4) is 0 Å². The largest absolute Gasteiger partial charge is 0.370 e. The monoisotopic (exact) mass is 300 g/mol. The molecule has 3 N–H and O–H groups in total. The Morgan fingerprint density at radius 3 is 2.77 bits per heavy atom. The zero-order valence-electron chi connectivity index (χ0n) is 13.7. The fraction of sp³-hybridized carbons (Fsp3) is 0.438.